The zero-order valence-corrected chi connectivity index (χ0v) is 24.4. The molecule has 0 saturated heterocycles. The summed E-state index contributed by atoms with van der Waals surface area (Å²) in [6.45, 7) is 13.1. The van der Waals surface area contributed by atoms with Gasteiger partial charge in [0.1, 0.15) is 11.6 Å². The maximum absolute atomic E-state index is 4.86. The second-order valence-electron chi connectivity index (χ2n) is 11.5. The van der Waals surface area contributed by atoms with E-state index in [4.69, 9.17) is 9.97 Å². The van der Waals surface area contributed by atoms with Crippen molar-refractivity contribution in [1.82, 2.24) is 19.1 Å². The number of rotatable bonds is 5. The van der Waals surface area contributed by atoms with Crippen LogP contribution >= 0.6 is 0 Å². The Kier molecular flexibility index (Phi) is 6.79. The zero-order chi connectivity index (χ0) is 28.0. The highest BCUT2D eigenvalue weighted by molar-refractivity contribution is 5.55. The molecule has 0 aliphatic heterocycles. The van der Waals surface area contributed by atoms with Crippen LogP contribution in [0.2, 0.25) is 0 Å². The number of nitrogens with zero attached hydrogens (tertiary/aromatic N) is 4. The summed E-state index contributed by atoms with van der Waals surface area (Å²) in [5, 5.41) is 0. The predicted octanol–water partition coefficient (Wildman–Crippen LogP) is 8.55. The molecule has 0 radical (unpaired) electrons. The molecule has 40 heavy (non-hydrogen) atoms. The third kappa shape index (κ3) is 4.72. The van der Waals surface area contributed by atoms with E-state index in [-0.39, 0.29) is 11.8 Å². The smallest absolute Gasteiger partial charge is 0.120 e. The van der Waals surface area contributed by atoms with Gasteiger partial charge in [-0.05, 0) is 87.8 Å². The lowest BCUT2D eigenvalue weighted by Crippen LogP contribution is -2.12. The summed E-state index contributed by atoms with van der Waals surface area (Å²) in [6.07, 6.45) is 23.9. The van der Waals surface area contributed by atoms with Crippen LogP contribution in [0.5, 0.6) is 0 Å². The van der Waals surface area contributed by atoms with Gasteiger partial charge in [-0.25, -0.2) is 9.97 Å². The van der Waals surface area contributed by atoms with Crippen molar-refractivity contribution < 1.29 is 0 Å². The maximum Gasteiger partial charge on any atom is 0.120 e. The summed E-state index contributed by atoms with van der Waals surface area (Å²) in [4.78, 5) is 9.72. The summed E-state index contributed by atoms with van der Waals surface area (Å²) in [7, 11) is 0. The molecule has 2 aromatic carbocycles. The minimum Gasteiger partial charge on any atom is -0.303 e. The van der Waals surface area contributed by atoms with Crippen molar-refractivity contribution in [2.24, 2.45) is 0 Å². The van der Waals surface area contributed by atoms with Gasteiger partial charge in [0.15, 0.2) is 0 Å². The second kappa shape index (κ2) is 10.4. The fourth-order valence-corrected chi connectivity index (χ4v) is 6.77. The lowest BCUT2D eigenvalue weighted by Gasteiger charge is -2.23. The van der Waals surface area contributed by atoms with Crippen LogP contribution in [0.4, 0.5) is 0 Å². The number of imidazole rings is 2. The molecule has 2 aromatic heterocycles. The van der Waals surface area contributed by atoms with Gasteiger partial charge in [-0.1, -0.05) is 71.8 Å². The van der Waals surface area contributed by atoms with Crippen LogP contribution in [0, 0.1) is 41.5 Å². The number of aromatic nitrogens is 4. The molecule has 0 N–H and O–H groups in total. The molecule has 2 atom stereocenters. The Morgan fingerprint density at radius 2 is 0.950 bits per heavy atom. The molecular formula is C36H38N4. The molecule has 202 valence electrons. The van der Waals surface area contributed by atoms with Gasteiger partial charge in [0.25, 0.3) is 0 Å². The molecule has 0 spiro atoms. The summed E-state index contributed by atoms with van der Waals surface area (Å²) < 4.78 is 4.58. The third-order valence-corrected chi connectivity index (χ3v) is 8.22. The molecule has 2 unspecified atom stereocenters. The zero-order valence-electron chi connectivity index (χ0n) is 24.4. The Morgan fingerprint density at radius 1 is 0.575 bits per heavy atom. The first-order valence-corrected chi connectivity index (χ1v) is 14.3. The summed E-state index contributed by atoms with van der Waals surface area (Å²) in [6, 6.07) is 9.04. The summed E-state index contributed by atoms with van der Waals surface area (Å²) >= 11 is 0. The first kappa shape index (κ1) is 26.1. The molecule has 2 heterocycles. The van der Waals surface area contributed by atoms with E-state index < -0.39 is 0 Å². The number of allylic oxidation sites excluding steroid dienone is 8. The maximum atomic E-state index is 4.86. The van der Waals surface area contributed by atoms with Crippen LogP contribution in [0.1, 0.15) is 69.7 Å². The van der Waals surface area contributed by atoms with Crippen LogP contribution in [0.15, 0.2) is 96.7 Å². The lowest BCUT2D eigenvalue weighted by molar-refractivity contribution is 0.735. The van der Waals surface area contributed by atoms with Crippen LogP contribution in [0.3, 0.4) is 0 Å². The third-order valence-electron chi connectivity index (χ3n) is 8.22. The fourth-order valence-electron chi connectivity index (χ4n) is 6.77. The molecule has 0 fully saturated rings. The van der Waals surface area contributed by atoms with E-state index in [1.165, 1.54) is 55.9 Å². The molecule has 2 aliphatic carbocycles. The Hall–Kier alpha value is -4.18. The van der Waals surface area contributed by atoms with Crippen molar-refractivity contribution in [2.45, 2.75) is 66.2 Å². The molecule has 0 bridgehead atoms. The van der Waals surface area contributed by atoms with E-state index in [2.05, 4.69) is 124 Å². The van der Waals surface area contributed by atoms with Gasteiger partial charge >= 0.3 is 0 Å². The van der Waals surface area contributed by atoms with Crippen LogP contribution in [-0.2, 0) is 0 Å². The topological polar surface area (TPSA) is 35.6 Å². The van der Waals surface area contributed by atoms with Gasteiger partial charge in [-0.3, -0.25) is 0 Å². The number of aryl methyl sites for hydroxylation is 6. The number of benzene rings is 2. The molecule has 0 saturated carbocycles. The van der Waals surface area contributed by atoms with E-state index in [1.54, 1.807) is 0 Å². The van der Waals surface area contributed by atoms with Crippen molar-refractivity contribution in [3.05, 3.63) is 142 Å². The van der Waals surface area contributed by atoms with Crippen LogP contribution in [0.25, 0.3) is 11.4 Å². The molecule has 4 aromatic rings. The number of hydrogen-bond donors (Lipinski definition) is 0. The van der Waals surface area contributed by atoms with Gasteiger partial charge in [0, 0.05) is 36.6 Å². The van der Waals surface area contributed by atoms with Gasteiger partial charge in [0.2, 0.25) is 0 Å². The van der Waals surface area contributed by atoms with E-state index in [9.17, 15) is 0 Å². The van der Waals surface area contributed by atoms with Crippen molar-refractivity contribution >= 4 is 0 Å². The molecule has 4 heteroatoms. The number of hydrogen-bond acceptors (Lipinski definition) is 2. The van der Waals surface area contributed by atoms with Crippen molar-refractivity contribution in [3.8, 4) is 11.4 Å². The SMILES string of the molecule is Cc1cc(C)c(-n2ccnc2C2C=C(C3=CC(c4nccn4-c4c(C)cc(C)cc4C)CC=C3)C=CC2)c(C)c1. The van der Waals surface area contributed by atoms with E-state index in [1.807, 2.05) is 12.4 Å². The minimum atomic E-state index is 0.213. The summed E-state index contributed by atoms with van der Waals surface area (Å²) in [5.41, 5.74) is 12.7. The van der Waals surface area contributed by atoms with Gasteiger partial charge < -0.3 is 9.13 Å². The lowest BCUT2D eigenvalue weighted by atomic mass is 9.86. The van der Waals surface area contributed by atoms with Gasteiger partial charge in [-0.2, -0.15) is 0 Å². The standard InChI is InChI=1S/C36H38N4/c1-23-17-25(3)33(26(4)18-23)39-15-13-37-35(39)31-11-7-9-29(21-31)30-10-8-12-32(22-30)36-38-14-16-40(36)34-27(5)19-24(2)20-28(34)6/h7-10,13-22,31-32H,11-12H2,1-6H3. The summed E-state index contributed by atoms with van der Waals surface area (Å²) in [5.74, 6) is 2.61. The monoisotopic (exact) mass is 526 g/mol. The predicted molar refractivity (Wildman–Crippen MR) is 165 cm³/mol. The molecule has 2 aliphatic rings. The van der Waals surface area contributed by atoms with Crippen LogP contribution < -0.4 is 0 Å². The average molecular weight is 527 g/mol. The van der Waals surface area contributed by atoms with E-state index >= 15 is 0 Å². The Bertz CT molecular complexity index is 1540. The van der Waals surface area contributed by atoms with Crippen molar-refractivity contribution in [2.75, 3.05) is 0 Å². The first-order chi connectivity index (χ1) is 19.3. The highest BCUT2D eigenvalue weighted by Gasteiger charge is 2.23. The molecule has 0 amide bonds. The first-order valence-electron chi connectivity index (χ1n) is 14.3. The average Bonchev–Trinajstić information content (AvgIpc) is 3.58. The van der Waals surface area contributed by atoms with Gasteiger partial charge in [-0.15, -0.1) is 0 Å². The molecule has 6 rings (SSSR count). The molecule has 4 nitrogen and oxygen atoms in total. The fraction of sp³-hybridized carbons (Fsp3) is 0.278. The minimum absolute atomic E-state index is 0.213. The highest BCUT2D eigenvalue weighted by Crippen LogP contribution is 2.36. The Balaban J connectivity index is 1.34. The largest absolute Gasteiger partial charge is 0.303 e. The van der Waals surface area contributed by atoms with E-state index in [0.29, 0.717) is 0 Å². The van der Waals surface area contributed by atoms with Crippen molar-refractivity contribution in [1.29, 1.82) is 0 Å². The van der Waals surface area contributed by atoms with Crippen molar-refractivity contribution in [3.63, 3.8) is 0 Å². The normalized spacial score (nSPS) is 18.6. The van der Waals surface area contributed by atoms with Crippen LogP contribution in [-0.4, -0.2) is 19.1 Å². The highest BCUT2D eigenvalue weighted by atomic mass is 15.1. The Morgan fingerprint density at radius 3 is 1.32 bits per heavy atom. The quantitative estimate of drug-likeness (QED) is 0.261. The van der Waals surface area contributed by atoms with E-state index in [0.717, 1.165) is 24.5 Å². The molecular weight excluding hydrogens is 488 g/mol. The van der Waals surface area contributed by atoms with Gasteiger partial charge in [0.05, 0.1) is 11.4 Å². The second-order valence-corrected chi connectivity index (χ2v) is 11.5. The Labute approximate surface area is 238 Å².